The highest BCUT2D eigenvalue weighted by molar-refractivity contribution is 6.10. The van der Waals surface area contributed by atoms with Crippen LogP contribution in [-0.4, -0.2) is 22.1 Å². The highest BCUT2D eigenvalue weighted by Gasteiger charge is 2.16. The van der Waals surface area contributed by atoms with Gasteiger partial charge in [0.2, 0.25) is 0 Å². The van der Waals surface area contributed by atoms with Gasteiger partial charge in [0.05, 0.1) is 12.1 Å². The van der Waals surface area contributed by atoms with Gasteiger partial charge in [-0.3, -0.25) is 0 Å². The first-order valence-corrected chi connectivity index (χ1v) is 6.65. The van der Waals surface area contributed by atoms with E-state index in [-0.39, 0.29) is 5.97 Å². The van der Waals surface area contributed by atoms with Crippen LogP contribution in [0.2, 0.25) is 0 Å². The van der Waals surface area contributed by atoms with Gasteiger partial charge in [-0.15, -0.1) is 0 Å². The van der Waals surface area contributed by atoms with Crippen molar-refractivity contribution in [3.63, 3.8) is 0 Å². The smallest absolute Gasteiger partial charge is 0.356 e. The van der Waals surface area contributed by atoms with E-state index in [1.807, 2.05) is 26.1 Å². The average molecular weight is 268 g/mol. The molecule has 0 aliphatic rings. The van der Waals surface area contributed by atoms with E-state index in [2.05, 4.69) is 21.7 Å². The van der Waals surface area contributed by atoms with Crippen molar-refractivity contribution in [2.75, 3.05) is 6.61 Å². The number of pyridine rings is 1. The number of fused-ring (bicyclic) bond motifs is 3. The van der Waals surface area contributed by atoms with Gasteiger partial charge in [-0.1, -0.05) is 18.2 Å². The summed E-state index contributed by atoms with van der Waals surface area (Å²) in [6.45, 7) is 4.07. The van der Waals surface area contributed by atoms with E-state index in [1.165, 1.54) is 0 Å². The Morgan fingerprint density at radius 1 is 1.30 bits per heavy atom. The van der Waals surface area contributed by atoms with Crippen LogP contribution in [-0.2, 0) is 11.8 Å². The van der Waals surface area contributed by atoms with Crippen LogP contribution < -0.4 is 0 Å². The zero-order chi connectivity index (χ0) is 14.3. The molecule has 0 fully saturated rings. The van der Waals surface area contributed by atoms with Gasteiger partial charge in [0, 0.05) is 29.0 Å². The Kier molecular flexibility index (Phi) is 2.93. The lowest BCUT2D eigenvalue weighted by atomic mass is 10.1. The minimum Gasteiger partial charge on any atom is -0.461 e. The molecule has 2 heterocycles. The molecule has 0 aliphatic heterocycles. The summed E-state index contributed by atoms with van der Waals surface area (Å²) < 4.78 is 7.12. The number of aryl methyl sites for hydroxylation is 2. The van der Waals surface area contributed by atoms with Crippen LogP contribution in [0, 0.1) is 6.92 Å². The fraction of sp³-hybridized carbons (Fsp3) is 0.250. The van der Waals surface area contributed by atoms with Crippen molar-refractivity contribution in [1.82, 2.24) is 9.55 Å². The third-order valence-electron chi connectivity index (χ3n) is 3.56. The summed E-state index contributed by atoms with van der Waals surface area (Å²) in [6, 6.07) is 9.98. The fourth-order valence-electron chi connectivity index (χ4n) is 2.67. The molecule has 0 unspecified atom stereocenters. The number of carbonyl (C=O) groups excluding carboxylic acids is 1. The molecule has 0 saturated heterocycles. The largest absolute Gasteiger partial charge is 0.461 e. The second-order valence-electron chi connectivity index (χ2n) is 4.78. The van der Waals surface area contributed by atoms with E-state index in [9.17, 15) is 4.79 Å². The number of carbonyl (C=O) groups is 1. The lowest BCUT2D eigenvalue weighted by Crippen LogP contribution is -2.08. The summed E-state index contributed by atoms with van der Waals surface area (Å²) >= 11 is 0. The molecular weight excluding hydrogens is 252 g/mol. The van der Waals surface area contributed by atoms with Gasteiger partial charge in [-0.25, -0.2) is 9.78 Å². The monoisotopic (exact) mass is 268 g/mol. The molecule has 0 saturated carbocycles. The first-order chi connectivity index (χ1) is 9.63. The molecule has 0 N–H and O–H groups in total. The van der Waals surface area contributed by atoms with E-state index in [0.717, 1.165) is 27.5 Å². The predicted octanol–water partition coefficient (Wildman–Crippen LogP) is 3.21. The van der Waals surface area contributed by atoms with Crippen LogP contribution in [0.25, 0.3) is 21.8 Å². The molecule has 3 rings (SSSR count). The van der Waals surface area contributed by atoms with Crippen molar-refractivity contribution < 1.29 is 9.53 Å². The van der Waals surface area contributed by atoms with Crippen LogP contribution in [0.5, 0.6) is 0 Å². The van der Waals surface area contributed by atoms with Gasteiger partial charge in [-0.05, 0) is 26.0 Å². The molecule has 20 heavy (non-hydrogen) atoms. The number of rotatable bonds is 2. The topological polar surface area (TPSA) is 44.1 Å². The van der Waals surface area contributed by atoms with Gasteiger partial charge in [0.1, 0.15) is 0 Å². The van der Waals surface area contributed by atoms with E-state index in [4.69, 9.17) is 4.74 Å². The number of hydrogen-bond donors (Lipinski definition) is 0. The van der Waals surface area contributed by atoms with E-state index >= 15 is 0 Å². The standard InChI is InChI=1S/C16H16N2O2/c1-4-20-16(19)12-9-14-15(10(2)17-12)11-7-5-6-8-13(11)18(14)3/h5-9H,4H2,1-3H3. The van der Waals surface area contributed by atoms with Crippen molar-refractivity contribution >= 4 is 27.8 Å². The highest BCUT2D eigenvalue weighted by atomic mass is 16.5. The minimum atomic E-state index is -0.372. The minimum absolute atomic E-state index is 0.354. The molecule has 0 bridgehead atoms. The Labute approximate surface area is 117 Å². The number of hydrogen-bond acceptors (Lipinski definition) is 3. The van der Waals surface area contributed by atoms with Crippen LogP contribution in [0.1, 0.15) is 23.1 Å². The second-order valence-corrected chi connectivity index (χ2v) is 4.78. The van der Waals surface area contributed by atoms with Crippen molar-refractivity contribution in [2.24, 2.45) is 7.05 Å². The Bertz CT molecular complexity index is 818. The number of nitrogens with zero attached hydrogens (tertiary/aromatic N) is 2. The summed E-state index contributed by atoms with van der Waals surface area (Å²) in [5.74, 6) is -0.372. The van der Waals surface area contributed by atoms with E-state index < -0.39 is 0 Å². The second kappa shape index (κ2) is 4.63. The first kappa shape index (κ1) is 12.7. The molecule has 0 radical (unpaired) electrons. The third kappa shape index (κ3) is 1.76. The molecule has 4 nitrogen and oxygen atoms in total. The molecule has 0 atom stereocenters. The van der Waals surface area contributed by atoms with Crippen LogP contribution >= 0.6 is 0 Å². The number of esters is 1. The maximum absolute atomic E-state index is 11.9. The van der Waals surface area contributed by atoms with Gasteiger partial charge in [0.25, 0.3) is 0 Å². The van der Waals surface area contributed by atoms with Crippen LogP contribution in [0.3, 0.4) is 0 Å². The first-order valence-electron chi connectivity index (χ1n) is 6.65. The van der Waals surface area contributed by atoms with Crippen molar-refractivity contribution in [2.45, 2.75) is 13.8 Å². The number of aromatic nitrogens is 2. The Morgan fingerprint density at radius 3 is 2.80 bits per heavy atom. The van der Waals surface area contributed by atoms with Gasteiger partial charge < -0.3 is 9.30 Å². The van der Waals surface area contributed by atoms with Gasteiger partial charge >= 0.3 is 5.97 Å². The quantitative estimate of drug-likeness (QED) is 0.670. The average Bonchev–Trinajstić information content (AvgIpc) is 2.74. The molecule has 4 heteroatoms. The molecule has 3 aromatic rings. The van der Waals surface area contributed by atoms with Gasteiger partial charge in [-0.2, -0.15) is 0 Å². The maximum Gasteiger partial charge on any atom is 0.356 e. The predicted molar refractivity (Wildman–Crippen MR) is 78.9 cm³/mol. The summed E-state index contributed by atoms with van der Waals surface area (Å²) in [5.41, 5.74) is 3.35. The van der Waals surface area contributed by atoms with E-state index in [1.54, 1.807) is 13.0 Å². The fourth-order valence-corrected chi connectivity index (χ4v) is 2.67. The summed E-state index contributed by atoms with van der Waals surface area (Å²) in [4.78, 5) is 16.3. The van der Waals surface area contributed by atoms with Crippen LogP contribution in [0.4, 0.5) is 0 Å². The number of para-hydroxylation sites is 1. The SMILES string of the molecule is CCOC(=O)c1cc2c(c(C)n1)c1ccccc1n2C. The Hall–Kier alpha value is -2.36. The summed E-state index contributed by atoms with van der Waals surface area (Å²) in [7, 11) is 2.00. The lowest BCUT2D eigenvalue weighted by Gasteiger charge is -2.04. The maximum atomic E-state index is 11.9. The zero-order valence-corrected chi connectivity index (χ0v) is 11.8. The molecule has 0 amide bonds. The Morgan fingerprint density at radius 2 is 2.05 bits per heavy atom. The molecular formula is C16H16N2O2. The van der Waals surface area contributed by atoms with Crippen LogP contribution in [0.15, 0.2) is 30.3 Å². The van der Waals surface area contributed by atoms with Crippen molar-refractivity contribution in [3.8, 4) is 0 Å². The van der Waals surface area contributed by atoms with Crippen molar-refractivity contribution in [1.29, 1.82) is 0 Å². The summed E-state index contributed by atoms with van der Waals surface area (Å²) in [6.07, 6.45) is 0. The normalized spacial score (nSPS) is 11.2. The molecule has 0 aliphatic carbocycles. The number of benzene rings is 1. The summed E-state index contributed by atoms with van der Waals surface area (Å²) in [5, 5.41) is 2.25. The lowest BCUT2D eigenvalue weighted by molar-refractivity contribution is 0.0519. The van der Waals surface area contributed by atoms with Gasteiger partial charge in [0.15, 0.2) is 5.69 Å². The van der Waals surface area contributed by atoms with Crippen molar-refractivity contribution in [3.05, 3.63) is 41.7 Å². The highest BCUT2D eigenvalue weighted by Crippen LogP contribution is 2.30. The molecule has 1 aromatic carbocycles. The Balaban J connectivity index is 2.34. The molecule has 0 spiro atoms. The molecule has 2 aromatic heterocycles. The zero-order valence-electron chi connectivity index (χ0n) is 11.8. The number of ether oxygens (including phenoxy) is 1. The molecule has 102 valence electrons. The van der Waals surface area contributed by atoms with E-state index in [0.29, 0.717) is 12.3 Å². The third-order valence-corrected chi connectivity index (χ3v) is 3.56.